The molecule has 9 nitrogen and oxygen atoms in total. The Balaban J connectivity index is 1.38. The smallest absolute Gasteiger partial charge is 0.251 e. The van der Waals surface area contributed by atoms with E-state index in [9.17, 15) is 9.18 Å². The minimum Gasteiger partial charge on any atom is -0.494 e. The second kappa shape index (κ2) is 10.6. The maximum atomic E-state index is 14.7. The number of halogens is 1. The molecule has 3 heterocycles. The second-order valence-corrected chi connectivity index (χ2v) is 8.54. The van der Waals surface area contributed by atoms with Gasteiger partial charge in [-0.2, -0.15) is 5.10 Å². The summed E-state index contributed by atoms with van der Waals surface area (Å²) in [7, 11) is 5.05. The van der Waals surface area contributed by atoms with Crippen LogP contribution < -0.4 is 15.4 Å². The zero-order valence-corrected chi connectivity index (χ0v) is 19.7. The minimum absolute atomic E-state index is 0.0484. The third kappa shape index (κ3) is 5.51. The lowest BCUT2D eigenvalue weighted by Crippen LogP contribution is -2.33. The zero-order valence-electron chi connectivity index (χ0n) is 19.7. The summed E-state index contributed by atoms with van der Waals surface area (Å²) in [5.41, 5.74) is 2.45. The Morgan fingerprint density at radius 3 is 2.74 bits per heavy atom. The molecule has 1 aliphatic rings. The van der Waals surface area contributed by atoms with Gasteiger partial charge in [-0.1, -0.05) is 0 Å². The van der Waals surface area contributed by atoms with Crippen LogP contribution in [0.2, 0.25) is 0 Å². The van der Waals surface area contributed by atoms with Gasteiger partial charge in [0.25, 0.3) is 5.91 Å². The number of rotatable bonds is 8. The van der Waals surface area contributed by atoms with Crippen molar-refractivity contribution in [3.63, 3.8) is 0 Å². The number of piperidine rings is 1. The fraction of sp³-hybridized carbons (Fsp3) is 0.417. The summed E-state index contributed by atoms with van der Waals surface area (Å²) >= 11 is 0. The summed E-state index contributed by atoms with van der Waals surface area (Å²) in [5.74, 6) is -0.237. The highest BCUT2D eigenvalue weighted by Crippen LogP contribution is 2.25. The quantitative estimate of drug-likeness (QED) is 0.526. The first-order valence-corrected chi connectivity index (χ1v) is 11.4. The first-order valence-electron chi connectivity index (χ1n) is 11.4. The summed E-state index contributed by atoms with van der Waals surface area (Å²) in [4.78, 5) is 23.1. The van der Waals surface area contributed by atoms with Gasteiger partial charge < -0.3 is 20.3 Å². The van der Waals surface area contributed by atoms with Gasteiger partial charge in [0.05, 0.1) is 25.0 Å². The fourth-order valence-corrected chi connectivity index (χ4v) is 4.18. The Kier molecular flexibility index (Phi) is 7.36. The monoisotopic (exact) mass is 467 g/mol. The second-order valence-electron chi connectivity index (χ2n) is 8.54. The Labute approximate surface area is 198 Å². The lowest BCUT2D eigenvalue weighted by atomic mass is 10.0. The molecule has 1 amide bonds. The molecule has 1 saturated heterocycles. The molecule has 1 unspecified atom stereocenters. The van der Waals surface area contributed by atoms with E-state index in [0.717, 1.165) is 30.8 Å². The number of likely N-dealkylation sites (tertiary alicyclic amines) is 1. The summed E-state index contributed by atoms with van der Waals surface area (Å²) in [6.07, 6.45) is 10.4. The van der Waals surface area contributed by atoms with Gasteiger partial charge in [0.1, 0.15) is 0 Å². The number of anilines is 2. The van der Waals surface area contributed by atoms with E-state index in [0.29, 0.717) is 36.0 Å². The van der Waals surface area contributed by atoms with E-state index in [4.69, 9.17) is 4.74 Å². The van der Waals surface area contributed by atoms with Gasteiger partial charge in [0, 0.05) is 37.7 Å². The van der Waals surface area contributed by atoms with Gasteiger partial charge in [-0.3, -0.25) is 9.48 Å². The van der Waals surface area contributed by atoms with Gasteiger partial charge in [-0.25, -0.2) is 14.4 Å². The summed E-state index contributed by atoms with van der Waals surface area (Å²) in [5, 5.41) is 10.2. The van der Waals surface area contributed by atoms with Crippen LogP contribution in [-0.4, -0.2) is 64.9 Å². The number of amides is 1. The minimum atomic E-state index is -0.462. The number of benzene rings is 1. The van der Waals surface area contributed by atoms with Crippen molar-refractivity contribution in [2.45, 2.75) is 31.7 Å². The standard InChI is InChI=1S/C24H30FN7O2/c1-26-23(33)18-9-17(22(25)21(10-18)34-3)7-6-16-11-27-24(28-12-16)30-19-13-29-32(14-19)20-5-4-8-31(2)15-20/h9-14,20H,4-8,15H2,1-3H3,(H,26,33)(H,27,28,30). The van der Waals surface area contributed by atoms with Crippen molar-refractivity contribution in [1.82, 2.24) is 30.0 Å². The van der Waals surface area contributed by atoms with E-state index in [2.05, 4.69) is 37.6 Å². The molecule has 4 rings (SSSR count). The van der Waals surface area contributed by atoms with Crippen LogP contribution >= 0.6 is 0 Å². The van der Waals surface area contributed by atoms with Crippen LogP contribution in [0.4, 0.5) is 16.0 Å². The molecule has 1 aromatic carbocycles. The van der Waals surface area contributed by atoms with Crippen LogP contribution in [0.15, 0.2) is 36.9 Å². The summed E-state index contributed by atoms with van der Waals surface area (Å²) < 4.78 is 21.8. The molecule has 2 N–H and O–H groups in total. The molecule has 1 atom stereocenters. The Morgan fingerprint density at radius 2 is 2.03 bits per heavy atom. The fourth-order valence-electron chi connectivity index (χ4n) is 4.18. The Hall–Kier alpha value is -3.53. The largest absolute Gasteiger partial charge is 0.494 e. The number of likely N-dealkylation sites (N-methyl/N-ethyl adjacent to an activating group) is 1. The van der Waals surface area contributed by atoms with Crippen LogP contribution in [0.3, 0.4) is 0 Å². The normalized spacial score (nSPS) is 16.3. The first-order chi connectivity index (χ1) is 16.5. The van der Waals surface area contributed by atoms with Crippen LogP contribution in [0.1, 0.15) is 40.4 Å². The molecule has 1 fully saturated rings. The van der Waals surface area contributed by atoms with Crippen LogP contribution in [0.25, 0.3) is 0 Å². The van der Waals surface area contributed by atoms with Crippen LogP contribution in [0, 0.1) is 5.82 Å². The third-order valence-corrected chi connectivity index (χ3v) is 6.04. The predicted molar refractivity (Wildman–Crippen MR) is 127 cm³/mol. The van der Waals surface area contributed by atoms with Crippen molar-refractivity contribution in [2.24, 2.45) is 0 Å². The number of aromatic nitrogens is 4. The molecule has 0 aliphatic carbocycles. The summed E-state index contributed by atoms with van der Waals surface area (Å²) in [6, 6.07) is 3.32. The van der Waals surface area contributed by atoms with E-state index in [-0.39, 0.29) is 11.7 Å². The number of aryl methyl sites for hydroxylation is 2. The number of hydrogen-bond acceptors (Lipinski definition) is 7. The topological polar surface area (TPSA) is 97.2 Å². The van der Waals surface area contributed by atoms with Gasteiger partial charge in [-0.05, 0) is 62.5 Å². The Bertz CT molecular complexity index is 1130. The Morgan fingerprint density at radius 1 is 1.24 bits per heavy atom. The molecule has 34 heavy (non-hydrogen) atoms. The van der Waals surface area contributed by atoms with Gasteiger partial charge >= 0.3 is 0 Å². The van der Waals surface area contributed by atoms with Crippen LogP contribution in [0.5, 0.6) is 5.75 Å². The van der Waals surface area contributed by atoms with E-state index in [1.54, 1.807) is 24.7 Å². The molecule has 180 valence electrons. The van der Waals surface area contributed by atoms with Gasteiger partial charge in [-0.15, -0.1) is 0 Å². The molecule has 10 heteroatoms. The van der Waals surface area contributed by atoms with Gasteiger partial charge in [0.2, 0.25) is 5.95 Å². The molecule has 3 aromatic rings. The first kappa shape index (κ1) is 23.6. The highest BCUT2D eigenvalue weighted by atomic mass is 19.1. The van der Waals surface area contributed by atoms with Crippen molar-refractivity contribution in [1.29, 1.82) is 0 Å². The van der Waals surface area contributed by atoms with Crippen molar-refractivity contribution in [2.75, 3.05) is 39.6 Å². The average molecular weight is 468 g/mol. The van der Waals surface area contributed by atoms with E-state index in [1.807, 2.05) is 10.9 Å². The van der Waals surface area contributed by atoms with Gasteiger partial charge in [0.15, 0.2) is 11.6 Å². The molecule has 2 aromatic heterocycles. The van der Waals surface area contributed by atoms with E-state index < -0.39 is 5.82 Å². The highest BCUT2D eigenvalue weighted by Gasteiger charge is 2.19. The maximum Gasteiger partial charge on any atom is 0.251 e. The van der Waals surface area contributed by atoms with E-state index >= 15 is 0 Å². The predicted octanol–water partition coefficient (Wildman–Crippen LogP) is 2.98. The zero-order chi connectivity index (χ0) is 24.1. The number of ether oxygens (including phenoxy) is 1. The number of nitrogens with one attached hydrogen (secondary N) is 2. The molecular formula is C24H30FN7O2. The highest BCUT2D eigenvalue weighted by molar-refractivity contribution is 5.94. The average Bonchev–Trinajstić information content (AvgIpc) is 3.32. The lowest BCUT2D eigenvalue weighted by Gasteiger charge is -2.29. The molecule has 1 aliphatic heterocycles. The number of nitrogens with zero attached hydrogens (tertiary/aromatic N) is 5. The van der Waals surface area contributed by atoms with Crippen LogP contribution in [-0.2, 0) is 12.8 Å². The molecular weight excluding hydrogens is 437 g/mol. The maximum absolute atomic E-state index is 14.7. The summed E-state index contributed by atoms with van der Waals surface area (Å²) in [6.45, 7) is 2.12. The number of carbonyl (C=O) groups is 1. The van der Waals surface area contributed by atoms with Crippen molar-refractivity contribution in [3.8, 4) is 5.75 Å². The number of methoxy groups -OCH3 is 1. The molecule has 0 bridgehead atoms. The SMILES string of the molecule is CNC(=O)c1cc(CCc2cnc(Nc3cnn(C4CCCN(C)C4)c3)nc2)c(F)c(OC)c1. The van der Waals surface area contributed by atoms with Crippen molar-refractivity contribution < 1.29 is 13.9 Å². The third-order valence-electron chi connectivity index (χ3n) is 6.04. The number of hydrogen-bond donors (Lipinski definition) is 2. The van der Waals surface area contributed by atoms with Crippen molar-refractivity contribution in [3.05, 3.63) is 59.4 Å². The molecule has 0 spiro atoms. The van der Waals surface area contributed by atoms with Crippen molar-refractivity contribution >= 4 is 17.5 Å². The molecule has 0 radical (unpaired) electrons. The lowest BCUT2D eigenvalue weighted by molar-refractivity contribution is 0.0962. The molecule has 0 saturated carbocycles. The number of carbonyl (C=O) groups excluding carboxylic acids is 1. The van der Waals surface area contributed by atoms with E-state index in [1.165, 1.54) is 26.6 Å².